The molecule has 0 aliphatic heterocycles. The van der Waals surface area contributed by atoms with E-state index in [0.717, 1.165) is 0 Å². The van der Waals surface area contributed by atoms with E-state index in [1.54, 1.807) is 24.3 Å². The Morgan fingerprint density at radius 3 is 2.20 bits per heavy atom. The third-order valence-electron chi connectivity index (χ3n) is 2.80. The van der Waals surface area contributed by atoms with Gasteiger partial charge in [0.1, 0.15) is 4.88 Å². The lowest BCUT2D eigenvalue weighted by Crippen LogP contribution is -2.20. The minimum atomic E-state index is -0.811. The second-order valence-corrected chi connectivity index (χ2v) is 5.84. The van der Waals surface area contributed by atoms with Crippen LogP contribution in [0.1, 0.15) is 16.6 Å². The van der Waals surface area contributed by atoms with E-state index in [0.29, 0.717) is 22.7 Å². The molecule has 0 unspecified atom stereocenters. The van der Waals surface area contributed by atoms with Crippen molar-refractivity contribution in [3.63, 3.8) is 0 Å². The Hall–Kier alpha value is -3.27. The zero-order valence-electron chi connectivity index (χ0n) is 13.0. The van der Waals surface area contributed by atoms with Gasteiger partial charge in [-0.15, -0.1) is 0 Å². The fraction of sp³-hybridized carbons (Fsp3) is 0.133. The van der Waals surface area contributed by atoms with Crippen molar-refractivity contribution in [2.75, 3.05) is 17.2 Å². The van der Waals surface area contributed by atoms with Crippen LogP contribution in [0.25, 0.3) is 0 Å². The van der Waals surface area contributed by atoms with E-state index < -0.39 is 23.4 Å². The number of nitrogens with one attached hydrogen (secondary N) is 2. The molecule has 130 valence electrons. The Morgan fingerprint density at radius 1 is 1.08 bits per heavy atom. The van der Waals surface area contributed by atoms with Crippen molar-refractivity contribution in [2.24, 2.45) is 0 Å². The van der Waals surface area contributed by atoms with Gasteiger partial charge in [-0.05, 0) is 30.3 Å². The van der Waals surface area contributed by atoms with Gasteiger partial charge in [0.05, 0.1) is 4.92 Å². The fourth-order valence-corrected chi connectivity index (χ4v) is 2.49. The molecule has 2 rings (SSSR count). The molecular weight excluding hydrogens is 350 g/mol. The van der Waals surface area contributed by atoms with Crippen molar-refractivity contribution < 1.29 is 24.0 Å². The van der Waals surface area contributed by atoms with Crippen LogP contribution >= 0.6 is 11.3 Å². The molecule has 0 fully saturated rings. The van der Waals surface area contributed by atoms with Gasteiger partial charge in [0.25, 0.3) is 5.91 Å². The number of carbonyl (C=O) groups is 3. The van der Waals surface area contributed by atoms with Gasteiger partial charge >= 0.3 is 11.0 Å². The number of hydrogen-bond donors (Lipinski definition) is 2. The van der Waals surface area contributed by atoms with Crippen molar-refractivity contribution >= 4 is 45.5 Å². The van der Waals surface area contributed by atoms with E-state index in [2.05, 4.69) is 10.6 Å². The van der Waals surface area contributed by atoms with E-state index >= 15 is 0 Å². The summed E-state index contributed by atoms with van der Waals surface area (Å²) in [4.78, 5) is 44.4. The molecule has 2 aromatic rings. The first kappa shape index (κ1) is 18.1. The van der Waals surface area contributed by atoms with Gasteiger partial charge in [-0.25, -0.2) is 4.79 Å². The molecule has 0 atom stereocenters. The van der Waals surface area contributed by atoms with Crippen molar-refractivity contribution in [3.05, 3.63) is 51.4 Å². The van der Waals surface area contributed by atoms with Crippen molar-refractivity contribution in [3.8, 4) is 0 Å². The lowest BCUT2D eigenvalue weighted by Gasteiger charge is -2.07. The Bertz CT molecular complexity index is 815. The lowest BCUT2D eigenvalue weighted by molar-refractivity contribution is -0.380. The number of hydrogen-bond acceptors (Lipinski definition) is 7. The molecule has 0 bridgehead atoms. The number of rotatable bonds is 6. The van der Waals surface area contributed by atoms with Crippen LogP contribution in [0, 0.1) is 10.1 Å². The van der Waals surface area contributed by atoms with Gasteiger partial charge < -0.3 is 15.4 Å². The molecule has 10 heteroatoms. The van der Waals surface area contributed by atoms with Crippen LogP contribution in [0.5, 0.6) is 0 Å². The normalized spacial score (nSPS) is 9.96. The number of nitrogens with zero attached hydrogens (tertiary/aromatic N) is 1. The topological polar surface area (TPSA) is 128 Å². The second-order valence-electron chi connectivity index (χ2n) is 4.78. The summed E-state index contributed by atoms with van der Waals surface area (Å²) in [6, 6.07) is 8.82. The van der Waals surface area contributed by atoms with Crippen molar-refractivity contribution in [1.29, 1.82) is 0 Å². The number of amides is 2. The summed E-state index contributed by atoms with van der Waals surface area (Å²) in [5, 5.41) is 15.5. The average Bonchev–Trinajstić information content (AvgIpc) is 3.04. The predicted molar refractivity (Wildman–Crippen MR) is 90.6 cm³/mol. The number of carbonyl (C=O) groups excluding carboxylic acids is 3. The maximum Gasteiger partial charge on any atom is 0.349 e. The summed E-state index contributed by atoms with van der Waals surface area (Å²) < 4.78 is 4.81. The van der Waals surface area contributed by atoms with Crippen LogP contribution in [-0.2, 0) is 14.3 Å². The largest absolute Gasteiger partial charge is 0.451 e. The van der Waals surface area contributed by atoms with Crippen LogP contribution < -0.4 is 10.6 Å². The van der Waals surface area contributed by atoms with E-state index in [9.17, 15) is 24.5 Å². The molecular formula is C15H13N3O6S. The predicted octanol–water partition coefficient (Wildman–Crippen LogP) is 2.41. The molecule has 2 amide bonds. The van der Waals surface area contributed by atoms with E-state index in [1.807, 2.05) is 0 Å². The molecule has 2 N–H and O–H groups in total. The Kier molecular flexibility index (Phi) is 5.79. The van der Waals surface area contributed by atoms with Crippen molar-refractivity contribution in [2.45, 2.75) is 6.92 Å². The van der Waals surface area contributed by atoms with Crippen LogP contribution in [-0.4, -0.2) is 29.3 Å². The van der Waals surface area contributed by atoms with Gasteiger partial charge in [-0.3, -0.25) is 19.7 Å². The third kappa shape index (κ3) is 5.39. The highest BCUT2D eigenvalue weighted by Gasteiger charge is 2.17. The SMILES string of the molecule is CC(=O)Nc1ccc(NC(=O)COC(=O)c2ccc([N+](=O)[O-])s2)cc1. The highest BCUT2D eigenvalue weighted by molar-refractivity contribution is 7.17. The Morgan fingerprint density at radius 2 is 1.68 bits per heavy atom. The average molecular weight is 363 g/mol. The summed E-state index contributed by atoms with van der Waals surface area (Å²) in [5.74, 6) is -1.58. The lowest BCUT2D eigenvalue weighted by atomic mass is 10.2. The van der Waals surface area contributed by atoms with Crippen LogP contribution in [0.3, 0.4) is 0 Å². The molecule has 25 heavy (non-hydrogen) atoms. The Labute approximate surface area is 145 Å². The molecule has 0 radical (unpaired) electrons. The number of anilines is 2. The summed E-state index contributed by atoms with van der Waals surface area (Å²) in [6.45, 7) is 0.851. The maximum absolute atomic E-state index is 11.8. The molecule has 1 aromatic heterocycles. The van der Waals surface area contributed by atoms with Gasteiger partial charge in [0.15, 0.2) is 6.61 Å². The first-order chi connectivity index (χ1) is 11.8. The molecule has 0 saturated heterocycles. The monoisotopic (exact) mass is 363 g/mol. The van der Waals surface area contributed by atoms with Crippen LogP contribution in [0.15, 0.2) is 36.4 Å². The Balaban J connectivity index is 1.84. The quantitative estimate of drug-likeness (QED) is 0.461. The minimum absolute atomic E-state index is 0.0409. The minimum Gasteiger partial charge on any atom is -0.451 e. The zero-order valence-corrected chi connectivity index (χ0v) is 13.8. The van der Waals surface area contributed by atoms with E-state index in [4.69, 9.17) is 4.74 Å². The van der Waals surface area contributed by atoms with E-state index in [1.165, 1.54) is 19.1 Å². The number of esters is 1. The summed E-state index contributed by atoms with van der Waals surface area (Å²) >= 11 is 0.671. The number of ether oxygens (including phenoxy) is 1. The van der Waals surface area contributed by atoms with Gasteiger partial charge in [-0.1, -0.05) is 11.3 Å². The molecule has 1 heterocycles. The first-order valence-corrected chi connectivity index (χ1v) is 7.75. The molecule has 0 aliphatic carbocycles. The standard InChI is InChI=1S/C15H13N3O6S/c1-9(19)16-10-2-4-11(5-3-10)17-13(20)8-24-15(21)12-6-7-14(25-12)18(22)23/h2-7H,8H2,1H3,(H,16,19)(H,17,20). The fourth-order valence-electron chi connectivity index (χ4n) is 1.77. The van der Waals surface area contributed by atoms with Crippen LogP contribution in [0.2, 0.25) is 0 Å². The van der Waals surface area contributed by atoms with Crippen LogP contribution in [0.4, 0.5) is 16.4 Å². The third-order valence-corrected chi connectivity index (χ3v) is 3.81. The molecule has 1 aromatic carbocycles. The first-order valence-electron chi connectivity index (χ1n) is 6.94. The zero-order chi connectivity index (χ0) is 18.4. The van der Waals surface area contributed by atoms with Gasteiger partial charge in [-0.2, -0.15) is 0 Å². The molecule has 9 nitrogen and oxygen atoms in total. The smallest absolute Gasteiger partial charge is 0.349 e. The van der Waals surface area contributed by atoms with Crippen molar-refractivity contribution in [1.82, 2.24) is 0 Å². The summed E-state index contributed by atoms with van der Waals surface area (Å²) in [7, 11) is 0. The van der Waals surface area contributed by atoms with Gasteiger partial charge in [0, 0.05) is 24.4 Å². The molecule has 0 aliphatic rings. The number of benzene rings is 1. The summed E-state index contributed by atoms with van der Waals surface area (Å²) in [6.07, 6.45) is 0. The molecule has 0 spiro atoms. The highest BCUT2D eigenvalue weighted by Crippen LogP contribution is 2.24. The second kappa shape index (κ2) is 8.02. The van der Waals surface area contributed by atoms with Gasteiger partial charge in [0.2, 0.25) is 5.91 Å². The van der Waals surface area contributed by atoms with E-state index in [-0.39, 0.29) is 15.8 Å². The molecule has 0 saturated carbocycles. The maximum atomic E-state index is 11.8. The number of thiophene rings is 1. The summed E-state index contributed by atoms with van der Waals surface area (Å²) in [5.41, 5.74) is 1.04. The number of nitro groups is 1. The highest BCUT2D eigenvalue weighted by atomic mass is 32.1.